The second-order valence-electron chi connectivity index (χ2n) is 1.57. The zero-order valence-corrected chi connectivity index (χ0v) is 9.03. The summed E-state index contributed by atoms with van der Waals surface area (Å²) in [6.07, 6.45) is 0. The second-order valence-corrected chi connectivity index (χ2v) is 4.00. The van der Waals surface area contributed by atoms with Gasteiger partial charge in [-0.2, -0.15) is 10.5 Å². The molecule has 0 aromatic heterocycles. The smallest absolute Gasteiger partial charge is 0.133 e. The van der Waals surface area contributed by atoms with Crippen molar-refractivity contribution in [2.24, 2.45) is 0 Å². The zero-order chi connectivity index (χ0) is 9.40. The molecule has 0 aliphatic carbocycles. The fraction of sp³-hybridized carbons (Fsp3) is 0.333. The molecule has 0 N–H and O–H groups in total. The largest absolute Gasteiger partial charge is 0.185 e. The van der Waals surface area contributed by atoms with Crippen LogP contribution in [0.2, 0.25) is 0 Å². The van der Waals surface area contributed by atoms with Crippen LogP contribution in [0, 0.1) is 21.3 Å². The summed E-state index contributed by atoms with van der Waals surface area (Å²) in [5.41, 5.74) is 0. The van der Waals surface area contributed by atoms with Crippen molar-refractivity contribution in [3.8, 4) is 10.8 Å². The van der Waals surface area contributed by atoms with Crippen molar-refractivity contribution in [2.45, 2.75) is 0 Å². The van der Waals surface area contributed by atoms with Crippen molar-refractivity contribution in [3.63, 3.8) is 0 Å². The van der Waals surface area contributed by atoms with Crippen LogP contribution in [0.4, 0.5) is 0 Å². The van der Waals surface area contributed by atoms with Gasteiger partial charge in [-0.3, -0.25) is 0 Å². The van der Waals surface area contributed by atoms with Gasteiger partial charge >= 0.3 is 0 Å². The summed E-state index contributed by atoms with van der Waals surface area (Å²) in [5, 5.41) is 21.0. The van der Waals surface area contributed by atoms with E-state index < -0.39 is 0 Å². The van der Waals surface area contributed by atoms with Gasteiger partial charge in [0.25, 0.3) is 0 Å². The first-order chi connectivity index (χ1) is 5.72. The van der Waals surface area contributed by atoms with E-state index >= 15 is 0 Å². The molecule has 2 nitrogen and oxygen atoms in total. The minimum absolute atomic E-state index is 0.378. The highest BCUT2D eigenvalue weighted by Crippen LogP contribution is 2.21. The lowest BCUT2D eigenvalue weighted by molar-refractivity contribution is 1.54. The Balaban J connectivity index is 3.92. The molecule has 0 rings (SSSR count). The zero-order valence-electron chi connectivity index (χ0n) is 5.88. The van der Waals surface area contributed by atoms with E-state index in [2.05, 4.69) is 0 Å². The molecule has 64 valence electrons. The molecule has 6 heteroatoms. The van der Waals surface area contributed by atoms with Gasteiger partial charge < -0.3 is 0 Å². The van der Waals surface area contributed by atoms with Crippen LogP contribution in [0.5, 0.6) is 0 Å². The van der Waals surface area contributed by atoms with Crippen LogP contribution in [0.25, 0.3) is 0 Å². The summed E-state index contributed by atoms with van der Waals surface area (Å²) < 4.78 is 0. The van der Waals surface area contributed by atoms with Crippen molar-refractivity contribution in [1.29, 1.82) is 10.5 Å². The number of nitrogens with zero attached hydrogens (tertiary/aromatic N) is 2. The lowest BCUT2D eigenvalue weighted by atomic mass is 10.6. The third-order valence-corrected chi connectivity index (χ3v) is 3.08. The van der Waals surface area contributed by atoms with Crippen LogP contribution in [-0.4, -0.2) is 11.5 Å². The number of nitriles is 2. The van der Waals surface area contributed by atoms with Crippen LogP contribution in [0.1, 0.15) is 0 Å². The molecule has 0 aromatic rings. The number of hydrogen-bond acceptors (Lipinski definition) is 4. The maximum Gasteiger partial charge on any atom is 0.133 e. The number of thiocyanates is 2. The summed E-state index contributed by atoms with van der Waals surface area (Å²) in [4.78, 5) is 0. The molecule has 0 atom stereocenters. The Labute approximate surface area is 89.5 Å². The molecule has 0 aromatic carbocycles. The fourth-order valence-electron chi connectivity index (χ4n) is 0.348. The molecule has 0 amide bonds. The minimum Gasteiger partial charge on any atom is -0.185 e. The molecule has 0 aliphatic heterocycles. The predicted molar refractivity (Wildman–Crippen MR) is 54.9 cm³/mol. The third kappa shape index (κ3) is 5.62. The Kier molecular flexibility index (Phi) is 7.64. The standard InChI is InChI=1S/C6H4Cl2N2S2/c7-5(1-11-3-9)6(8)2-12-4-10/h1-2H2/b6-5+. The number of thioether (sulfide) groups is 2. The van der Waals surface area contributed by atoms with E-state index in [0.717, 1.165) is 23.5 Å². The summed E-state index contributed by atoms with van der Waals surface area (Å²) in [6, 6.07) is 0. The van der Waals surface area contributed by atoms with Gasteiger partial charge in [0.2, 0.25) is 0 Å². The molecule has 0 radical (unpaired) electrons. The van der Waals surface area contributed by atoms with Crippen molar-refractivity contribution in [1.82, 2.24) is 0 Å². The van der Waals surface area contributed by atoms with Gasteiger partial charge in [-0.1, -0.05) is 23.2 Å². The topological polar surface area (TPSA) is 47.6 Å². The van der Waals surface area contributed by atoms with Crippen molar-refractivity contribution < 1.29 is 0 Å². The lowest BCUT2D eigenvalue weighted by Crippen LogP contribution is -1.84. The Morgan fingerprint density at radius 2 is 1.33 bits per heavy atom. The maximum atomic E-state index is 8.20. The SMILES string of the molecule is N#CSC/C(Cl)=C(\Cl)CSC#N. The molecule has 0 bridgehead atoms. The first-order valence-electron chi connectivity index (χ1n) is 2.77. The molecule has 0 unspecified atom stereocenters. The van der Waals surface area contributed by atoms with Crippen molar-refractivity contribution in [3.05, 3.63) is 10.1 Å². The quantitative estimate of drug-likeness (QED) is 0.707. The highest BCUT2D eigenvalue weighted by atomic mass is 35.5. The van der Waals surface area contributed by atoms with Gasteiger partial charge in [0.05, 0.1) is 0 Å². The number of hydrogen-bond donors (Lipinski definition) is 0. The summed E-state index contributed by atoms with van der Waals surface area (Å²) in [6.45, 7) is 0. The van der Waals surface area contributed by atoms with E-state index in [4.69, 9.17) is 33.7 Å². The first-order valence-corrected chi connectivity index (χ1v) is 5.50. The highest BCUT2D eigenvalue weighted by molar-refractivity contribution is 8.04. The minimum atomic E-state index is 0.378. The van der Waals surface area contributed by atoms with Gasteiger partial charge in [-0.25, -0.2) is 0 Å². The van der Waals surface area contributed by atoms with E-state index in [0.29, 0.717) is 21.6 Å². The van der Waals surface area contributed by atoms with E-state index in [9.17, 15) is 0 Å². The molecule has 0 saturated heterocycles. The fourth-order valence-corrected chi connectivity index (χ4v) is 1.70. The first kappa shape index (κ1) is 12.0. The number of rotatable bonds is 4. The van der Waals surface area contributed by atoms with E-state index in [-0.39, 0.29) is 0 Å². The van der Waals surface area contributed by atoms with Gasteiger partial charge in [-0.05, 0) is 23.5 Å². The average Bonchev–Trinajstić information content (AvgIpc) is 2.10. The van der Waals surface area contributed by atoms with Gasteiger partial charge in [0, 0.05) is 21.6 Å². The predicted octanol–water partition coefficient (Wildman–Crippen LogP) is 3.10. The number of halogens is 2. The van der Waals surface area contributed by atoms with Crippen LogP contribution >= 0.6 is 46.7 Å². The van der Waals surface area contributed by atoms with E-state index in [1.165, 1.54) is 0 Å². The normalized spacial score (nSPS) is 11.3. The van der Waals surface area contributed by atoms with Crippen molar-refractivity contribution in [2.75, 3.05) is 11.5 Å². The van der Waals surface area contributed by atoms with Gasteiger partial charge in [-0.15, -0.1) is 0 Å². The molecule has 0 heterocycles. The Morgan fingerprint density at radius 1 is 1.00 bits per heavy atom. The Bertz CT molecular complexity index is 225. The van der Waals surface area contributed by atoms with Crippen LogP contribution < -0.4 is 0 Å². The van der Waals surface area contributed by atoms with Crippen LogP contribution in [0.15, 0.2) is 10.1 Å². The monoisotopic (exact) mass is 238 g/mol. The summed E-state index contributed by atoms with van der Waals surface area (Å²) >= 11 is 13.4. The van der Waals surface area contributed by atoms with Crippen LogP contribution in [-0.2, 0) is 0 Å². The molecular weight excluding hydrogens is 235 g/mol. The summed E-state index contributed by atoms with van der Waals surface area (Å²) in [7, 11) is 0. The van der Waals surface area contributed by atoms with Gasteiger partial charge in [0.1, 0.15) is 10.8 Å². The molecule has 0 spiro atoms. The third-order valence-electron chi connectivity index (χ3n) is 0.821. The molecular formula is C6H4Cl2N2S2. The average molecular weight is 239 g/mol. The summed E-state index contributed by atoms with van der Waals surface area (Å²) in [5.74, 6) is 0.756. The Morgan fingerprint density at radius 3 is 1.58 bits per heavy atom. The molecule has 0 saturated carbocycles. The Hall–Kier alpha value is -0.0000000000000000555. The van der Waals surface area contributed by atoms with Crippen molar-refractivity contribution >= 4 is 46.7 Å². The van der Waals surface area contributed by atoms with Crippen LogP contribution in [0.3, 0.4) is 0 Å². The maximum absolute atomic E-state index is 8.20. The highest BCUT2D eigenvalue weighted by Gasteiger charge is 2.01. The van der Waals surface area contributed by atoms with E-state index in [1.807, 2.05) is 10.8 Å². The molecule has 12 heavy (non-hydrogen) atoms. The molecule has 0 aliphatic rings. The van der Waals surface area contributed by atoms with E-state index in [1.54, 1.807) is 0 Å². The lowest BCUT2D eigenvalue weighted by Gasteiger charge is -1.96. The second kappa shape index (κ2) is 7.64. The molecule has 0 fully saturated rings. The van der Waals surface area contributed by atoms with Gasteiger partial charge in [0.15, 0.2) is 0 Å².